The van der Waals surface area contributed by atoms with Crippen molar-refractivity contribution in [2.75, 3.05) is 25.0 Å². The lowest BCUT2D eigenvalue weighted by atomic mass is 9.70. The Hall–Kier alpha value is -1.29. The molecular formula is C23H29BrClN3O4S. The molecule has 1 aromatic rings. The number of likely N-dealkylation sites (tertiary alicyclic amines) is 1. The molecule has 3 unspecified atom stereocenters. The number of nitrogens with zero attached hydrogens (tertiary/aromatic N) is 1. The number of aliphatic hydroxyl groups is 1. The molecule has 3 N–H and O–H groups in total. The Morgan fingerprint density at radius 3 is 2.67 bits per heavy atom. The van der Waals surface area contributed by atoms with Gasteiger partial charge in [0.2, 0.25) is 17.7 Å². The van der Waals surface area contributed by atoms with Crippen LogP contribution in [0.25, 0.3) is 0 Å². The Morgan fingerprint density at radius 2 is 2.00 bits per heavy atom. The second-order valence-electron chi connectivity index (χ2n) is 8.91. The highest BCUT2D eigenvalue weighted by molar-refractivity contribution is 9.09. The third kappa shape index (κ3) is 4.42. The number of thioether (sulfide) groups is 1. The first-order valence-corrected chi connectivity index (χ1v) is 13.6. The van der Waals surface area contributed by atoms with Crippen molar-refractivity contribution in [1.82, 2.24) is 10.2 Å². The maximum absolute atomic E-state index is 13.7. The molecule has 3 fully saturated rings. The van der Waals surface area contributed by atoms with Crippen LogP contribution in [0.2, 0.25) is 5.02 Å². The highest BCUT2D eigenvalue weighted by Gasteiger charge is 2.75. The average Bonchev–Trinajstić information content (AvgIpc) is 3.37. The predicted molar refractivity (Wildman–Crippen MR) is 134 cm³/mol. The molecule has 2 bridgehead atoms. The number of alkyl halides is 1. The minimum atomic E-state index is -0.691. The van der Waals surface area contributed by atoms with Gasteiger partial charge in [0.05, 0.1) is 16.6 Å². The van der Waals surface area contributed by atoms with Gasteiger partial charge in [0.1, 0.15) is 6.04 Å². The smallest absolute Gasteiger partial charge is 0.248 e. The Kier molecular flexibility index (Phi) is 7.63. The fourth-order valence-electron chi connectivity index (χ4n) is 5.47. The van der Waals surface area contributed by atoms with Crippen molar-refractivity contribution in [2.45, 2.75) is 53.5 Å². The average molecular weight is 559 g/mol. The molecule has 1 aromatic carbocycles. The van der Waals surface area contributed by atoms with Crippen LogP contribution in [-0.2, 0) is 14.4 Å². The molecule has 0 saturated carbocycles. The van der Waals surface area contributed by atoms with E-state index in [1.54, 1.807) is 40.9 Å². The molecule has 3 aliphatic rings. The van der Waals surface area contributed by atoms with Crippen LogP contribution in [-0.4, -0.2) is 68.3 Å². The number of hydrogen-bond donors (Lipinski definition) is 3. The Bertz CT molecular complexity index is 919. The Morgan fingerprint density at radius 1 is 1.27 bits per heavy atom. The topological polar surface area (TPSA) is 98.7 Å². The third-order valence-corrected chi connectivity index (χ3v) is 10.3. The van der Waals surface area contributed by atoms with Crippen LogP contribution in [0.3, 0.4) is 0 Å². The van der Waals surface area contributed by atoms with E-state index in [2.05, 4.69) is 26.6 Å². The molecule has 33 heavy (non-hydrogen) atoms. The quantitative estimate of drug-likeness (QED) is 0.320. The molecule has 3 heterocycles. The Balaban J connectivity index is 1.67. The van der Waals surface area contributed by atoms with E-state index in [0.29, 0.717) is 43.1 Å². The number of fused-ring (bicyclic) bond motifs is 1. The number of halogens is 2. The monoisotopic (exact) mass is 557 g/mol. The van der Waals surface area contributed by atoms with Crippen molar-refractivity contribution >= 4 is 62.7 Å². The van der Waals surface area contributed by atoms with Gasteiger partial charge in [-0.05, 0) is 49.9 Å². The summed E-state index contributed by atoms with van der Waals surface area (Å²) in [5.74, 6) is -1.49. The second-order valence-corrected chi connectivity index (χ2v) is 12.1. The van der Waals surface area contributed by atoms with Gasteiger partial charge >= 0.3 is 0 Å². The van der Waals surface area contributed by atoms with Crippen molar-refractivity contribution in [3.05, 3.63) is 29.3 Å². The van der Waals surface area contributed by atoms with E-state index < -0.39 is 22.6 Å². The van der Waals surface area contributed by atoms with Crippen molar-refractivity contribution in [3.8, 4) is 0 Å². The first-order chi connectivity index (χ1) is 15.8. The summed E-state index contributed by atoms with van der Waals surface area (Å²) in [4.78, 5) is 42.2. The molecule has 0 aromatic heterocycles. The largest absolute Gasteiger partial charge is 0.396 e. The van der Waals surface area contributed by atoms with Crippen molar-refractivity contribution in [1.29, 1.82) is 0 Å². The molecule has 10 heteroatoms. The van der Waals surface area contributed by atoms with E-state index in [1.165, 1.54) is 0 Å². The number of rotatable bonds is 9. The standard InChI is InChI=1S/C23H29BrClN3O4S/c1-2-9-26-20(30)16-17-22(32)28(10-3-4-11-29)19(23(17)12-15(24)18(16)33-23)21(31)27-14-7-5-13(25)6-8-14/h5-8,15-19,29H,2-4,9-12H2,1H3,(H,26,30)(H,27,31)/t15?,16-,17-,18-,19?,23?/m0/s1. The molecule has 7 nitrogen and oxygen atoms in total. The summed E-state index contributed by atoms with van der Waals surface area (Å²) in [6.07, 6.45) is 2.60. The second kappa shape index (κ2) is 10.1. The minimum Gasteiger partial charge on any atom is -0.396 e. The summed E-state index contributed by atoms with van der Waals surface area (Å²) >= 11 is 11.3. The van der Waals surface area contributed by atoms with Crippen molar-refractivity contribution < 1.29 is 19.5 Å². The van der Waals surface area contributed by atoms with E-state index in [9.17, 15) is 19.5 Å². The number of anilines is 1. The lowest BCUT2D eigenvalue weighted by molar-refractivity contribution is -0.139. The summed E-state index contributed by atoms with van der Waals surface area (Å²) in [5, 5.41) is 15.7. The fourth-order valence-corrected chi connectivity index (χ4v) is 9.21. The molecule has 180 valence electrons. The van der Waals surface area contributed by atoms with Crippen molar-refractivity contribution in [2.24, 2.45) is 11.8 Å². The summed E-state index contributed by atoms with van der Waals surface area (Å²) in [6.45, 7) is 2.96. The van der Waals surface area contributed by atoms with Crippen molar-refractivity contribution in [3.63, 3.8) is 0 Å². The third-order valence-electron chi connectivity index (χ3n) is 6.81. The molecule has 0 aliphatic carbocycles. The van der Waals surface area contributed by atoms with E-state index in [-0.39, 0.29) is 34.4 Å². The number of hydrogen-bond acceptors (Lipinski definition) is 5. The first kappa shape index (κ1) is 24.8. The van der Waals surface area contributed by atoms with Gasteiger partial charge in [0.25, 0.3) is 0 Å². The zero-order valence-electron chi connectivity index (χ0n) is 18.4. The SMILES string of the molecule is CCCNC(=O)[C@H]1[C@H]2C(=O)N(CCCCO)C(C(=O)Nc3ccc(Cl)cc3)C23CC(Br)[C@@H]1S3. The fraction of sp³-hybridized carbons (Fsp3) is 0.609. The van der Waals surface area contributed by atoms with Gasteiger partial charge in [-0.2, -0.15) is 0 Å². The number of nitrogens with one attached hydrogen (secondary N) is 2. The van der Waals surface area contributed by atoms with Gasteiger partial charge in [-0.25, -0.2) is 0 Å². The number of amides is 3. The summed E-state index contributed by atoms with van der Waals surface area (Å²) in [7, 11) is 0. The number of benzene rings is 1. The molecule has 3 amide bonds. The van der Waals surface area contributed by atoms with Crippen LogP contribution in [0.5, 0.6) is 0 Å². The maximum atomic E-state index is 13.7. The van der Waals surface area contributed by atoms with Gasteiger partial charge < -0.3 is 20.6 Å². The maximum Gasteiger partial charge on any atom is 0.248 e. The normalized spacial score (nSPS) is 32.2. The number of aliphatic hydroxyl groups excluding tert-OH is 1. The molecule has 6 atom stereocenters. The van der Waals surface area contributed by atoms with E-state index in [4.69, 9.17) is 11.6 Å². The van der Waals surface area contributed by atoms with Crippen LogP contribution < -0.4 is 10.6 Å². The van der Waals surface area contributed by atoms with Gasteiger partial charge in [-0.3, -0.25) is 14.4 Å². The number of carbonyl (C=O) groups excluding carboxylic acids is 3. The summed E-state index contributed by atoms with van der Waals surface area (Å²) in [6, 6.07) is 6.18. The summed E-state index contributed by atoms with van der Waals surface area (Å²) < 4.78 is -0.667. The molecule has 3 aliphatic heterocycles. The minimum absolute atomic E-state index is 0.0284. The molecule has 4 rings (SSSR count). The van der Waals surface area contributed by atoms with Gasteiger partial charge in [0.15, 0.2) is 0 Å². The van der Waals surface area contributed by atoms with Crippen LogP contribution >= 0.6 is 39.3 Å². The Labute approximate surface area is 211 Å². The predicted octanol–water partition coefficient (Wildman–Crippen LogP) is 3.04. The van der Waals surface area contributed by atoms with E-state index >= 15 is 0 Å². The molecule has 0 radical (unpaired) electrons. The zero-order valence-corrected chi connectivity index (χ0v) is 21.6. The first-order valence-electron chi connectivity index (χ1n) is 11.4. The van der Waals surface area contributed by atoms with Crippen LogP contribution in [0.15, 0.2) is 24.3 Å². The molecule has 3 saturated heterocycles. The highest BCUT2D eigenvalue weighted by Crippen LogP contribution is 2.67. The number of unbranched alkanes of at least 4 members (excludes halogenated alkanes) is 1. The van der Waals surface area contributed by atoms with E-state index in [0.717, 1.165) is 6.42 Å². The van der Waals surface area contributed by atoms with Crippen LogP contribution in [0, 0.1) is 11.8 Å². The zero-order chi connectivity index (χ0) is 23.8. The van der Waals surface area contributed by atoms with Crippen LogP contribution in [0.4, 0.5) is 5.69 Å². The van der Waals surface area contributed by atoms with E-state index in [1.807, 2.05) is 6.92 Å². The van der Waals surface area contributed by atoms with Gasteiger partial charge in [-0.1, -0.05) is 34.5 Å². The molecule has 1 spiro atoms. The molecular weight excluding hydrogens is 530 g/mol. The highest BCUT2D eigenvalue weighted by atomic mass is 79.9. The lowest BCUT2D eigenvalue weighted by Crippen LogP contribution is -2.53. The van der Waals surface area contributed by atoms with Crippen LogP contribution in [0.1, 0.15) is 32.6 Å². The van der Waals surface area contributed by atoms with Gasteiger partial charge in [0, 0.05) is 40.5 Å². The summed E-state index contributed by atoms with van der Waals surface area (Å²) in [5.41, 5.74) is 0.609. The number of carbonyl (C=O) groups is 3. The lowest BCUT2D eigenvalue weighted by Gasteiger charge is -2.35. The van der Waals surface area contributed by atoms with Gasteiger partial charge in [-0.15, -0.1) is 11.8 Å².